The van der Waals surface area contributed by atoms with Crippen LogP contribution in [0.3, 0.4) is 0 Å². The van der Waals surface area contributed by atoms with Crippen LogP contribution in [0, 0.1) is 0 Å². The van der Waals surface area contributed by atoms with Gasteiger partial charge in [0, 0.05) is 23.4 Å². The minimum absolute atomic E-state index is 0.0241. The van der Waals surface area contributed by atoms with Crippen LogP contribution in [0.1, 0.15) is 27.2 Å². The molecule has 0 aromatic carbocycles. The highest BCUT2D eigenvalue weighted by Gasteiger charge is 2.27. The molecule has 22 heavy (non-hydrogen) atoms. The molecule has 3 heterocycles. The van der Waals surface area contributed by atoms with E-state index in [1.165, 1.54) is 16.2 Å². The Morgan fingerprint density at radius 3 is 3.09 bits per heavy atom. The summed E-state index contributed by atoms with van der Waals surface area (Å²) in [4.78, 5) is 21.1. The second-order valence-electron chi connectivity index (χ2n) is 5.05. The van der Waals surface area contributed by atoms with Gasteiger partial charge >= 0.3 is 0 Å². The lowest BCUT2D eigenvalue weighted by Crippen LogP contribution is -2.29. The Bertz CT molecular complexity index is 817. The van der Waals surface area contributed by atoms with Gasteiger partial charge in [-0.3, -0.25) is 9.69 Å². The Labute approximate surface area is 136 Å². The van der Waals surface area contributed by atoms with E-state index in [1.54, 1.807) is 22.5 Å². The molecule has 1 aliphatic carbocycles. The van der Waals surface area contributed by atoms with Gasteiger partial charge in [0.1, 0.15) is 5.76 Å². The maximum atomic E-state index is 12.6. The molecule has 3 aromatic rings. The number of carbonyl (C=O) groups excluding carboxylic acids is 1. The molecule has 0 atom stereocenters. The number of thiazole rings is 1. The number of rotatable bonds is 3. The number of aromatic nitrogens is 1. The number of carbonyl (C=O) groups is 1. The van der Waals surface area contributed by atoms with Gasteiger partial charge in [0.05, 0.1) is 16.8 Å². The molecule has 4 nitrogen and oxygen atoms in total. The predicted molar refractivity (Wildman–Crippen MR) is 88.9 cm³/mol. The summed E-state index contributed by atoms with van der Waals surface area (Å²) in [6.07, 6.45) is 3.55. The van der Waals surface area contributed by atoms with E-state index in [-0.39, 0.29) is 5.91 Å². The average Bonchev–Trinajstić information content (AvgIpc) is 3.26. The summed E-state index contributed by atoms with van der Waals surface area (Å²) in [6.45, 7) is 2.59. The van der Waals surface area contributed by atoms with Crippen LogP contribution in [0.5, 0.6) is 0 Å². The minimum Gasteiger partial charge on any atom is -0.469 e. The minimum atomic E-state index is 0.0241. The fourth-order valence-electron chi connectivity index (χ4n) is 2.71. The highest BCUT2D eigenvalue weighted by Crippen LogP contribution is 2.40. The van der Waals surface area contributed by atoms with Gasteiger partial charge in [-0.25, -0.2) is 4.98 Å². The lowest BCUT2D eigenvalue weighted by atomic mass is 10.0. The Morgan fingerprint density at radius 2 is 2.32 bits per heavy atom. The Balaban J connectivity index is 1.73. The molecular formula is C16H14N2O2S2. The number of amides is 1. The van der Waals surface area contributed by atoms with Crippen molar-refractivity contribution in [2.75, 3.05) is 11.4 Å². The maximum absolute atomic E-state index is 12.6. The van der Waals surface area contributed by atoms with E-state index in [1.807, 2.05) is 30.5 Å². The van der Waals surface area contributed by atoms with E-state index in [9.17, 15) is 4.79 Å². The molecule has 0 radical (unpaired) electrons. The first kappa shape index (κ1) is 13.7. The standard InChI is InChI=1S/C16H14N2O2S2/c1-2-18(15(19)13-4-3-9-21-13)16-17-14-10-7-8-20-11(10)5-6-12(14)22-16/h3-4,7-9H,2,5-6H2,1H3. The third-order valence-electron chi connectivity index (χ3n) is 3.79. The average molecular weight is 330 g/mol. The van der Waals surface area contributed by atoms with Crippen LogP contribution < -0.4 is 4.90 Å². The number of fused-ring (bicyclic) bond motifs is 3. The van der Waals surface area contributed by atoms with E-state index in [0.717, 1.165) is 39.9 Å². The molecule has 0 saturated carbocycles. The van der Waals surface area contributed by atoms with Gasteiger partial charge in [-0.2, -0.15) is 0 Å². The molecule has 0 fully saturated rings. The molecule has 1 amide bonds. The number of furan rings is 1. The lowest BCUT2D eigenvalue weighted by Gasteiger charge is -2.16. The Morgan fingerprint density at radius 1 is 1.41 bits per heavy atom. The summed E-state index contributed by atoms with van der Waals surface area (Å²) in [5.74, 6) is 1.02. The number of anilines is 1. The largest absolute Gasteiger partial charge is 0.469 e. The number of nitrogens with zero attached hydrogens (tertiary/aromatic N) is 2. The summed E-state index contributed by atoms with van der Waals surface area (Å²) in [5, 5.41) is 2.70. The van der Waals surface area contributed by atoms with Gasteiger partial charge in [-0.05, 0) is 30.9 Å². The zero-order chi connectivity index (χ0) is 15.1. The van der Waals surface area contributed by atoms with Crippen LogP contribution in [0.15, 0.2) is 34.3 Å². The van der Waals surface area contributed by atoms with Crippen molar-refractivity contribution < 1.29 is 9.21 Å². The molecule has 6 heteroatoms. The zero-order valence-electron chi connectivity index (χ0n) is 12.0. The quantitative estimate of drug-likeness (QED) is 0.722. The molecule has 3 aromatic heterocycles. The fourth-order valence-corrected chi connectivity index (χ4v) is 4.51. The number of hydrogen-bond acceptors (Lipinski definition) is 5. The maximum Gasteiger partial charge on any atom is 0.270 e. The number of thiophene rings is 1. The summed E-state index contributed by atoms with van der Waals surface area (Å²) >= 11 is 3.08. The van der Waals surface area contributed by atoms with Crippen LogP contribution >= 0.6 is 22.7 Å². The van der Waals surface area contributed by atoms with Gasteiger partial charge in [0.25, 0.3) is 5.91 Å². The van der Waals surface area contributed by atoms with E-state index >= 15 is 0 Å². The van der Waals surface area contributed by atoms with E-state index in [4.69, 9.17) is 9.40 Å². The van der Waals surface area contributed by atoms with Crippen LogP contribution in [0.25, 0.3) is 11.3 Å². The van der Waals surface area contributed by atoms with Gasteiger partial charge in [-0.15, -0.1) is 22.7 Å². The van der Waals surface area contributed by atoms with Gasteiger partial charge in [0.2, 0.25) is 0 Å². The van der Waals surface area contributed by atoms with Crippen molar-refractivity contribution >= 4 is 33.7 Å². The molecule has 0 unspecified atom stereocenters. The SMILES string of the molecule is CCN(C(=O)c1cccs1)c1nc2c(s1)CCc1occc1-2. The molecule has 0 spiro atoms. The highest BCUT2D eigenvalue weighted by atomic mass is 32.1. The molecule has 1 aliphatic rings. The second-order valence-corrected chi connectivity index (χ2v) is 7.06. The van der Waals surface area contributed by atoms with Crippen molar-refractivity contribution in [1.29, 1.82) is 0 Å². The van der Waals surface area contributed by atoms with Gasteiger partial charge in [0.15, 0.2) is 5.13 Å². The van der Waals surface area contributed by atoms with Gasteiger partial charge < -0.3 is 4.42 Å². The lowest BCUT2D eigenvalue weighted by molar-refractivity contribution is 0.0992. The molecule has 0 aliphatic heterocycles. The fraction of sp³-hybridized carbons (Fsp3) is 0.250. The van der Waals surface area contributed by atoms with E-state index in [2.05, 4.69) is 0 Å². The molecule has 4 rings (SSSR count). The number of aryl methyl sites for hydroxylation is 2. The van der Waals surface area contributed by atoms with Crippen molar-refractivity contribution in [3.05, 3.63) is 45.4 Å². The second kappa shape index (κ2) is 5.37. The predicted octanol–water partition coefficient (Wildman–Crippen LogP) is 4.23. The first-order valence-corrected chi connectivity index (χ1v) is 8.89. The van der Waals surface area contributed by atoms with Crippen LogP contribution in [0.2, 0.25) is 0 Å². The Kier molecular flexibility index (Phi) is 3.35. The molecule has 0 N–H and O–H groups in total. The van der Waals surface area contributed by atoms with E-state index < -0.39 is 0 Å². The summed E-state index contributed by atoms with van der Waals surface area (Å²) < 4.78 is 5.50. The first-order chi connectivity index (χ1) is 10.8. The molecule has 0 bridgehead atoms. The monoisotopic (exact) mass is 330 g/mol. The summed E-state index contributed by atoms with van der Waals surface area (Å²) in [5.41, 5.74) is 2.05. The van der Waals surface area contributed by atoms with Crippen molar-refractivity contribution in [3.8, 4) is 11.3 Å². The first-order valence-electron chi connectivity index (χ1n) is 7.19. The molecular weight excluding hydrogens is 316 g/mol. The summed E-state index contributed by atoms with van der Waals surface area (Å²) in [7, 11) is 0. The summed E-state index contributed by atoms with van der Waals surface area (Å²) in [6, 6.07) is 5.72. The van der Waals surface area contributed by atoms with Crippen molar-refractivity contribution in [2.24, 2.45) is 0 Å². The topological polar surface area (TPSA) is 46.3 Å². The van der Waals surface area contributed by atoms with Crippen molar-refractivity contribution in [1.82, 2.24) is 4.98 Å². The highest BCUT2D eigenvalue weighted by molar-refractivity contribution is 7.16. The van der Waals surface area contributed by atoms with E-state index in [0.29, 0.717) is 6.54 Å². The van der Waals surface area contributed by atoms with Crippen LogP contribution in [-0.2, 0) is 12.8 Å². The van der Waals surface area contributed by atoms with Gasteiger partial charge in [-0.1, -0.05) is 6.07 Å². The van der Waals surface area contributed by atoms with Crippen LogP contribution in [-0.4, -0.2) is 17.4 Å². The molecule has 112 valence electrons. The van der Waals surface area contributed by atoms with Crippen molar-refractivity contribution in [3.63, 3.8) is 0 Å². The van der Waals surface area contributed by atoms with Crippen molar-refractivity contribution in [2.45, 2.75) is 19.8 Å². The third-order valence-corrected chi connectivity index (χ3v) is 5.79. The zero-order valence-corrected chi connectivity index (χ0v) is 13.7. The smallest absolute Gasteiger partial charge is 0.270 e. The third kappa shape index (κ3) is 2.10. The number of hydrogen-bond donors (Lipinski definition) is 0. The Hall–Kier alpha value is -1.92. The van der Waals surface area contributed by atoms with Crippen LogP contribution in [0.4, 0.5) is 5.13 Å². The molecule has 0 saturated heterocycles. The normalized spacial score (nSPS) is 12.8.